The quantitative estimate of drug-likeness (QED) is 0.293. The van der Waals surface area contributed by atoms with E-state index in [9.17, 15) is 30.4 Å². The largest absolute Gasteiger partial charge is 0.394 e. The van der Waals surface area contributed by atoms with Crippen LogP contribution in [0.4, 0.5) is 22.0 Å². The van der Waals surface area contributed by atoms with Crippen molar-refractivity contribution in [2.24, 2.45) is 0 Å². The Bertz CT molecular complexity index is 1080. The van der Waals surface area contributed by atoms with Gasteiger partial charge in [0.25, 0.3) is 0 Å². The maximum atomic E-state index is 13.6. The smallest absolute Gasteiger partial charge is 0.264 e. The summed E-state index contributed by atoms with van der Waals surface area (Å²) in [6.07, 6.45) is -4.91. The summed E-state index contributed by atoms with van der Waals surface area (Å²) < 4.78 is 126. The summed E-state index contributed by atoms with van der Waals surface area (Å²) in [6, 6.07) is 2.44. The monoisotopic (exact) mass is 539 g/mol. The molecule has 7 nitrogen and oxygen atoms in total. The van der Waals surface area contributed by atoms with Crippen LogP contribution in [0, 0.1) is 11.6 Å². The second-order valence-electron chi connectivity index (χ2n) is 5.86. The Hall–Kier alpha value is -0.360. The Kier molecular flexibility index (Phi) is 10.3. The molecule has 2 aromatic rings. The van der Waals surface area contributed by atoms with Crippen LogP contribution >= 0.6 is 22.9 Å². The van der Waals surface area contributed by atoms with Gasteiger partial charge in [-0.3, -0.25) is 9.11 Å². The first kappa shape index (κ1) is 28.7. The molecule has 170 valence electrons. The van der Waals surface area contributed by atoms with Gasteiger partial charge in [0.15, 0.2) is 0 Å². The maximum absolute atomic E-state index is 13.6. The zero-order valence-electron chi connectivity index (χ0n) is 15.3. The number of hydrogen-bond donors (Lipinski definition) is 3. The topological polar surface area (TPSA) is 121 Å². The Morgan fingerprint density at radius 2 is 1.55 bits per heavy atom. The maximum Gasteiger partial charge on any atom is 0.394 e. The first-order valence-electron chi connectivity index (χ1n) is 7.94. The van der Waals surface area contributed by atoms with E-state index in [2.05, 4.69) is 0 Å². The fourth-order valence-electron chi connectivity index (χ4n) is 2.49. The van der Waals surface area contributed by atoms with Crippen molar-refractivity contribution in [3.8, 4) is 0 Å². The van der Waals surface area contributed by atoms with Crippen molar-refractivity contribution in [3.63, 3.8) is 0 Å². The molecular formula is C14H12ClF5NNaO6S3. The van der Waals surface area contributed by atoms with Gasteiger partial charge in [0, 0.05) is 0 Å². The third kappa shape index (κ3) is 9.98. The van der Waals surface area contributed by atoms with Gasteiger partial charge in [-0.05, 0) is 0 Å². The molecule has 31 heavy (non-hydrogen) atoms. The van der Waals surface area contributed by atoms with Crippen LogP contribution < -0.4 is 4.72 Å². The summed E-state index contributed by atoms with van der Waals surface area (Å²) in [5.41, 5.74) is -0.678. The molecule has 1 aromatic heterocycles. The van der Waals surface area contributed by atoms with Gasteiger partial charge in [-0.2, -0.15) is 8.42 Å². The van der Waals surface area contributed by atoms with Crippen molar-refractivity contribution in [1.29, 1.82) is 0 Å². The van der Waals surface area contributed by atoms with Crippen molar-refractivity contribution < 1.29 is 47.9 Å². The minimum atomic E-state index is -4.91. The van der Waals surface area contributed by atoms with E-state index in [0.29, 0.717) is 29.5 Å². The van der Waals surface area contributed by atoms with Gasteiger partial charge in [-0.25, -0.2) is 0 Å². The molecule has 0 fully saturated rings. The summed E-state index contributed by atoms with van der Waals surface area (Å²) in [7, 11) is -8.93. The van der Waals surface area contributed by atoms with E-state index in [1.54, 1.807) is 0 Å². The van der Waals surface area contributed by atoms with Crippen LogP contribution in [0.5, 0.6) is 0 Å². The molecule has 0 spiro atoms. The first-order chi connectivity index (χ1) is 13.9. The number of halogens is 6. The summed E-state index contributed by atoms with van der Waals surface area (Å²) in [6.45, 7) is 0. The fourth-order valence-corrected chi connectivity index (χ4v) is 6.29. The van der Waals surface area contributed by atoms with E-state index in [4.69, 9.17) is 29.1 Å². The fraction of sp³-hybridized carbons (Fsp3) is 0.286. The molecule has 0 aliphatic rings. The van der Waals surface area contributed by atoms with Crippen LogP contribution in [0.1, 0.15) is 11.5 Å². The third-order valence-corrected chi connectivity index (χ3v) is 7.65. The van der Waals surface area contributed by atoms with E-state index in [-0.39, 0.29) is 40.1 Å². The molecule has 2 rings (SSSR count). The molecule has 3 N–H and O–H groups in total. The molecular weight excluding hydrogens is 528 g/mol. The van der Waals surface area contributed by atoms with Gasteiger partial charge in [0.05, 0.1) is 0 Å². The SMILES string of the molecule is O=S(=O)(N[C@H]([CH2][Na])[C@@H](c1cc(F)cc(F)c1)C(F)(F)F)c1ccc(Cl)s1.O=S(=O)(O)O. The van der Waals surface area contributed by atoms with Crippen molar-refractivity contribution in [3.05, 3.63) is 51.9 Å². The summed E-state index contributed by atoms with van der Waals surface area (Å²) in [4.78, 5) is 0. The van der Waals surface area contributed by atoms with Crippen LogP contribution in [0.3, 0.4) is 0 Å². The van der Waals surface area contributed by atoms with E-state index in [1.165, 1.54) is 12.1 Å². The molecule has 1 heterocycles. The van der Waals surface area contributed by atoms with Gasteiger partial charge in [0.1, 0.15) is 0 Å². The number of rotatable bonds is 6. The molecule has 0 unspecified atom stereocenters. The third-order valence-electron chi connectivity index (χ3n) is 3.56. The molecule has 2 atom stereocenters. The van der Waals surface area contributed by atoms with Crippen LogP contribution in [-0.4, -0.2) is 66.1 Å². The van der Waals surface area contributed by atoms with E-state index in [1.807, 2.05) is 4.72 Å². The van der Waals surface area contributed by atoms with Crippen LogP contribution in [0.25, 0.3) is 0 Å². The molecule has 17 heteroatoms. The van der Waals surface area contributed by atoms with Crippen molar-refractivity contribution >= 4 is 71.3 Å². The minimum absolute atomic E-state index is 0.124. The predicted octanol–water partition coefficient (Wildman–Crippen LogP) is 3.61. The minimum Gasteiger partial charge on any atom is -0.264 e. The van der Waals surface area contributed by atoms with E-state index in [0.717, 1.165) is 0 Å². The number of hydrogen-bond acceptors (Lipinski definition) is 5. The molecule has 0 saturated heterocycles. The second kappa shape index (κ2) is 11.2. The Labute approximate surface area is 200 Å². The average molecular weight is 540 g/mol. The van der Waals surface area contributed by atoms with Gasteiger partial charge < -0.3 is 0 Å². The van der Waals surface area contributed by atoms with Gasteiger partial charge in [-0.15, -0.1) is 0 Å². The van der Waals surface area contributed by atoms with Crippen LogP contribution in [0.2, 0.25) is 8.01 Å². The van der Waals surface area contributed by atoms with Crippen LogP contribution in [0.15, 0.2) is 34.5 Å². The molecule has 0 bridgehead atoms. The summed E-state index contributed by atoms with van der Waals surface area (Å²) >= 11 is 6.59. The van der Waals surface area contributed by atoms with Crippen molar-refractivity contribution in [2.75, 3.05) is 0 Å². The molecule has 0 saturated carbocycles. The Morgan fingerprint density at radius 3 is 1.90 bits per heavy atom. The molecule has 0 aliphatic carbocycles. The zero-order chi connectivity index (χ0) is 24.2. The Morgan fingerprint density at radius 1 is 1.06 bits per heavy atom. The summed E-state index contributed by atoms with van der Waals surface area (Å²) in [5, 5.41) is 0. The average Bonchev–Trinajstić information content (AvgIpc) is 2.97. The van der Waals surface area contributed by atoms with Crippen LogP contribution in [-0.2, 0) is 20.4 Å². The Balaban J connectivity index is 0.000000861. The molecule has 0 amide bonds. The van der Waals surface area contributed by atoms with Gasteiger partial charge >= 0.3 is 184 Å². The predicted molar refractivity (Wildman–Crippen MR) is 103 cm³/mol. The molecule has 0 radical (unpaired) electrons. The zero-order valence-corrected chi connectivity index (χ0v) is 20.5. The number of benzene rings is 1. The van der Waals surface area contributed by atoms with Gasteiger partial charge in [0.2, 0.25) is 0 Å². The molecule has 0 aliphatic heterocycles. The van der Waals surface area contributed by atoms with Crippen molar-refractivity contribution in [1.82, 2.24) is 4.72 Å². The van der Waals surface area contributed by atoms with E-state index < -0.39 is 55.8 Å². The number of sulfonamides is 1. The molecule has 1 aromatic carbocycles. The number of alkyl halides is 3. The van der Waals surface area contributed by atoms with Crippen molar-refractivity contribution in [2.45, 2.75) is 26.0 Å². The summed E-state index contributed by atoms with van der Waals surface area (Å²) in [5.74, 6) is -4.74. The van der Waals surface area contributed by atoms with E-state index >= 15 is 0 Å². The van der Waals surface area contributed by atoms with Gasteiger partial charge in [-0.1, -0.05) is 0 Å². The normalized spacial score (nSPS) is 14.5. The number of nitrogens with one attached hydrogen (secondary N) is 1. The number of thiophene rings is 1. The first-order valence-corrected chi connectivity index (χ1v) is 13.4. The second-order valence-corrected chi connectivity index (χ2v) is 11.2. The standard InChI is InChI=1S/C14H10ClF5NO2S2.Na.H2O4S/c1-7(21-25(22,23)12-3-2-11(15)24-12)13(14(18,19)20)8-4-9(16)6-10(17)5-8;;1-5(2,3)4/h2-7,13,21H,1H2;;(H2,1,2,3,4)/t7-,13+;;/m1../s1.